The van der Waals surface area contributed by atoms with E-state index in [0.29, 0.717) is 6.10 Å². The van der Waals surface area contributed by atoms with Crippen LogP contribution in [0.2, 0.25) is 0 Å². The van der Waals surface area contributed by atoms with Gasteiger partial charge in [-0.25, -0.2) is 4.79 Å². The third kappa shape index (κ3) is 5.10. The number of pyridine rings is 1. The van der Waals surface area contributed by atoms with Crippen molar-refractivity contribution in [2.24, 2.45) is 0 Å². The van der Waals surface area contributed by atoms with Crippen molar-refractivity contribution in [1.29, 1.82) is 0 Å². The summed E-state index contributed by atoms with van der Waals surface area (Å²) in [5.74, 6) is -0.931. The van der Waals surface area contributed by atoms with Crippen LogP contribution in [-0.4, -0.2) is 46.8 Å². The number of ether oxygens (including phenoxy) is 1. The van der Waals surface area contributed by atoms with Gasteiger partial charge in [0.25, 0.3) is 0 Å². The van der Waals surface area contributed by atoms with E-state index in [-0.39, 0.29) is 5.56 Å². The quantitative estimate of drug-likeness (QED) is 0.873. The number of hydrogen-bond acceptors (Lipinski definition) is 4. The van der Waals surface area contributed by atoms with Gasteiger partial charge in [-0.05, 0) is 44.4 Å². The molecule has 1 aliphatic rings. The first-order chi connectivity index (χ1) is 10.2. The topological polar surface area (TPSA) is 62.7 Å². The predicted molar refractivity (Wildman–Crippen MR) is 80.4 cm³/mol. The van der Waals surface area contributed by atoms with E-state index < -0.39 is 5.97 Å². The summed E-state index contributed by atoms with van der Waals surface area (Å²) >= 11 is 0. The third-order valence-electron chi connectivity index (χ3n) is 3.78. The summed E-state index contributed by atoms with van der Waals surface area (Å²) in [7, 11) is 0. The first-order valence-corrected chi connectivity index (χ1v) is 7.71. The Labute approximate surface area is 125 Å². The molecule has 1 aromatic rings. The van der Waals surface area contributed by atoms with Crippen LogP contribution in [0, 0.1) is 0 Å². The molecule has 1 unspecified atom stereocenters. The molecule has 5 nitrogen and oxygen atoms in total. The monoisotopic (exact) mass is 292 g/mol. The van der Waals surface area contributed by atoms with Gasteiger partial charge in [0.15, 0.2) is 0 Å². The van der Waals surface area contributed by atoms with Crippen molar-refractivity contribution >= 4 is 5.97 Å². The van der Waals surface area contributed by atoms with Crippen LogP contribution in [0.5, 0.6) is 0 Å². The van der Waals surface area contributed by atoms with Crippen molar-refractivity contribution in [1.82, 2.24) is 9.88 Å². The largest absolute Gasteiger partial charge is 0.478 e. The lowest BCUT2D eigenvalue weighted by molar-refractivity contribution is 0.0437. The molecule has 2 heterocycles. The van der Waals surface area contributed by atoms with E-state index in [1.165, 1.54) is 6.20 Å². The van der Waals surface area contributed by atoms with Gasteiger partial charge in [0.2, 0.25) is 0 Å². The molecule has 1 saturated heterocycles. The second kappa shape index (κ2) is 8.10. The van der Waals surface area contributed by atoms with E-state index in [4.69, 9.17) is 9.84 Å². The molecule has 1 atom stereocenters. The van der Waals surface area contributed by atoms with Crippen LogP contribution in [0.25, 0.3) is 0 Å². The number of rotatable bonds is 6. The van der Waals surface area contributed by atoms with Crippen molar-refractivity contribution in [3.8, 4) is 0 Å². The molecule has 0 amide bonds. The van der Waals surface area contributed by atoms with Gasteiger partial charge in [0.1, 0.15) is 0 Å². The molecule has 1 fully saturated rings. The van der Waals surface area contributed by atoms with Gasteiger partial charge in [0, 0.05) is 25.9 Å². The van der Waals surface area contributed by atoms with Gasteiger partial charge in [-0.2, -0.15) is 0 Å². The highest BCUT2D eigenvalue weighted by Gasteiger charge is 2.17. The maximum absolute atomic E-state index is 10.8. The summed E-state index contributed by atoms with van der Waals surface area (Å²) in [6.07, 6.45) is 6.22. The van der Waals surface area contributed by atoms with Gasteiger partial charge in [-0.3, -0.25) is 9.88 Å². The van der Waals surface area contributed by atoms with Crippen molar-refractivity contribution in [3.63, 3.8) is 0 Å². The fourth-order valence-electron chi connectivity index (χ4n) is 2.61. The van der Waals surface area contributed by atoms with E-state index in [9.17, 15) is 4.79 Å². The minimum absolute atomic E-state index is 0.239. The van der Waals surface area contributed by atoms with Crippen LogP contribution in [0.15, 0.2) is 18.3 Å². The molecule has 1 N–H and O–H groups in total. The van der Waals surface area contributed by atoms with Crippen molar-refractivity contribution in [2.75, 3.05) is 19.7 Å². The molecule has 21 heavy (non-hydrogen) atoms. The summed E-state index contributed by atoms with van der Waals surface area (Å²) in [4.78, 5) is 17.4. The maximum atomic E-state index is 10.8. The number of hydrogen-bond donors (Lipinski definition) is 1. The van der Waals surface area contributed by atoms with E-state index >= 15 is 0 Å². The van der Waals surface area contributed by atoms with E-state index in [1.807, 2.05) is 0 Å². The standard InChI is InChI=1S/C16H24N2O3/c1-2-10-21-15-4-3-8-18(9-7-15)12-14-6-5-13(11-17-14)16(19)20/h5-6,11,15H,2-4,7-10,12H2,1H3,(H,19,20). The molecule has 116 valence electrons. The number of aromatic nitrogens is 1. The third-order valence-corrected chi connectivity index (χ3v) is 3.78. The summed E-state index contributed by atoms with van der Waals surface area (Å²) in [6.45, 7) is 5.82. The number of carbonyl (C=O) groups is 1. The van der Waals surface area contributed by atoms with Gasteiger partial charge >= 0.3 is 5.97 Å². The second-order valence-corrected chi connectivity index (χ2v) is 5.54. The minimum Gasteiger partial charge on any atom is -0.478 e. The zero-order valence-electron chi connectivity index (χ0n) is 12.6. The lowest BCUT2D eigenvalue weighted by Gasteiger charge is -2.19. The summed E-state index contributed by atoms with van der Waals surface area (Å²) in [5.41, 5.74) is 1.16. The highest BCUT2D eigenvalue weighted by molar-refractivity contribution is 5.87. The first kappa shape index (κ1) is 15.9. The van der Waals surface area contributed by atoms with Crippen LogP contribution in [0.3, 0.4) is 0 Å². The zero-order chi connectivity index (χ0) is 15.1. The van der Waals surface area contributed by atoms with E-state index in [0.717, 1.165) is 57.6 Å². The molecular formula is C16H24N2O3. The molecule has 5 heteroatoms. The maximum Gasteiger partial charge on any atom is 0.337 e. The van der Waals surface area contributed by atoms with Gasteiger partial charge in [0.05, 0.1) is 17.4 Å². The van der Waals surface area contributed by atoms with Crippen LogP contribution in [-0.2, 0) is 11.3 Å². The molecule has 0 bridgehead atoms. The first-order valence-electron chi connectivity index (χ1n) is 7.71. The molecule has 0 saturated carbocycles. The zero-order valence-corrected chi connectivity index (χ0v) is 12.6. The Morgan fingerprint density at radius 3 is 2.95 bits per heavy atom. The normalized spacial score (nSPS) is 20.1. The highest BCUT2D eigenvalue weighted by Crippen LogP contribution is 2.16. The van der Waals surface area contributed by atoms with Crippen LogP contribution in [0.4, 0.5) is 0 Å². The number of aromatic carboxylic acids is 1. The highest BCUT2D eigenvalue weighted by atomic mass is 16.5. The van der Waals surface area contributed by atoms with Crippen LogP contribution in [0.1, 0.15) is 48.7 Å². The lowest BCUT2D eigenvalue weighted by atomic mass is 10.2. The van der Waals surface area contributed by atoms with E-state index in [1.54, 1.807) is 12.1 Å². The number of carboxylic acids is 1. The molecular weight excluding hydrogens is 268 g/mol. The predicted octanol–water partition coefficient (Wildman–Crippen LogP) is 2.56. The summed E-state index contributed by atoms with van der Waals surface area (Å²) in [6, 6.07) is 3.43. The summed E-state index contributed by atoms with van der Waals surface area (Å²) < 4.78 is 5.85. The van der Waals surface area contributed by atoms with Crippen LogP contribution >= 0.6 is 0 Å². The molecule has 0 radical (unpaired) electrons. The molecule has 0 aliphatic carbocycles. The Hall–Kier alpha value is -1.46. The Kier molecular flexibility index (Phi) is 6.14. The number of likely N-dealkylation sites (tertiary alicyclic amines) is 1. The van der Waals surface area contributed by atoms with Gasteiger partial charge < -0.3 is 9.84 Å². The van der Waals surface area contributed by atoms with Crippen molar-refractivity contribution in [2.45, 2.75) is 45.3 Å². The Balaban J connectivity index is 1.84. The second-order valence-electron chi connectivity index (χ2n) is 5.54. The summed E-state index contributed by atoms with van der Waals surface area (Å²) in [5, 5.41) is 8.87. The van der Waals surface area contributed by atoms with E-state index in [2.05, 4.69) is 16.8 Å². The van der Waals surface area contributed by atoms with Crippen LogP contribution < -0.4 is 0 Å². The smallest absolute Gasteiger partial charge is 0.337 e. The fraction of sp³-hybridized carbons (Fsp3) is 0.625. The molecule has 1 aliphatic heterocycles. The number of nitrogens with zero attached hydrogens (tertiary/aromatic N) is 2. The fourth-order valence-corrected chi connectivity index (χ4v) is 2.61. The SMILES string of the molecule is CCCOC1CCCN(Cc2ccc(C(=O)O)cn2)CC1. The minimum atomic E-state index is -0.931. The van der Waals surface area contributed by atoms with Crippen molar-refractivity contribution in [3.05, 3.63) is 29.6 Å². The molecule has 1 aromatic heterocycles. The van der Waals surface area contributed by atoms with Gasteiger partial charge in [-0.15, -0.1) is 0 Å². The lowest BCUT2D eigenvalue weighted by Crippen LogP contribution is -2.25. The Bertz CT molecular complexity index is 447. The molecule has 0 aromatic carbocycles. The Morgan fingerprint density at radius 1 is 1.43 bits per heavy atom. The number of carboxylic acid groups (broad SMARTS) is 1. The average molecular weight is 292 g/mol. The van der Waals surface area contributed by atoms with Gasteiger partial charge in [-0.1, -0.05) is 6.92 Å². The molecule has 0 spiro atoms. The Morgan fingerprint density at radius 2 is 2.29 bits per heavy atom. The van der Waals surface area contributed by atoms with Crippen molar-refractivity contribution < 1.29 is 14.6 Å². The average Bonchev–Trinajstić information content (AvgIpc) is 2.71. The molecule has 2 rings (SSSR count).